The van der Waals surface area contributed by atoms with Crippen LogP contribution in [-0.2, 0) is 0 Å². The maximum Gasteiger partial charge on any atom is 0.161 e. The average molecular weight is 196 g/mol. The number of nitrogens with zero attached hydrogens (tertiary/aromatic N) is 2. The second kappa shape index (κ2) is 4.12. The molecule has 1 unspecified atom stereocenters. The molecule has 4 nitrogen and oxygen atoms in total. The molecule has 5 heteroatoms. The summed E-state index contributed by atoms with van der Waals surface area (Å²) in [5, 5.41) is 18.1. The van der Waals surface area contributed by atoms with Crippen molar-refractivity contribution in [1.82, 2.24) is 4.98 Å². The van der Waals surface area contributed by atoms with E-state index in [0.29, 0.717) is 21.9 Å². The lowest BCUT2D eigenvalue weighted by molar-refractivity contribution is 0.112. The van der Waals surface area contributed by atoms with Crippen molar-refractivity contribution < 1.29 is 9.90 Å². The molecule has 0 amide bonds. The third-order valence-corrected chi connectivity index (χ3v) is 2.71. The molecule has 0 aliphatic carbocycles. The lowest BCUT2D eigenvalue weighted by atomic mass is 10.3. The molecule has 1 atom stereocenters. The lowest BCUT2D eigenvalue weighted by Crippen LogP contribution is -1.94. The zero-order chi connectivity index (χ0) is 9.84. The molecule has 13 heavy (non-hydrogen) atoms. The smallest absolute Gasteiger partial charge is 0.161 e. The number of thiazole rings is 1. The van der Waals surface area contributed by atoms with E-state index in [1.807, 2.05) is 6.07 Å². The van der Waals surface area contributed by atoms with Gasteiger partial charge < -0.3 is 5.11 Å². The second-order valence-corrected chi connectivity index (χ2v) is 3.56. The van der Waals surface area contributed by atoms with Crippen LogP contribution in [0.1, 0.15) is 32.9 Å². The summed E-state index contributed by atoms with van der Waals surface area (Å²) in [5.74, 6) is 0. The highest BCUT2D eigenvalue weighted by Crippen LogP contribution is 2.23. The summed E-state index contributed by atoms with van der Waals surface area (Å²) in [6, 6.07) is 1.84. The highest BCUT2D eigenvalue weighted by Gasteiger charge is 2.14. The first-order valence-corrected chi connectivity index (χ1v) is 4.48. The molecular formula is C8H8N2O2S. The molecule has 1 N–H and O–H groups in total. The van der Waals surface area contributed by atoms with Crippen LogP contribution < -0.4 is 0 Å². The van der Waals surface area contributed by atoms with E-state index in [1.54, 1.807) is 6.92 Å². The Bertz CT molecular complexity index is 354. The molecule has 0 bridgehead atoms. The lowest BCUT2D eigenvalue weighted by Gasteiger charge is -1.98. The standard InChI is InChI=1S/C8H8N2O2S/c1-5-7(4-11)13-8(10-5)6(12)2-3-9/h4,6,12H,2H2,1H3. The first-order valence-electron chi connectivity index (χ1n) is 3.66. The van der Waals surface area contributed by atoms with E-state index in [1.165, 1.54) is 0 Å². The Balaban J connectivity index is 2.91. The molecule has 68 valence electrons. The van der Waals surface area contributed by atoms with Gasteiger partial charge in [0.25, 0.3) is 0 Å². The van der Waals surface area contributed by atoms with Crippen molar-refractivity contribution in [2.45, 2.75) is 19.4 Å². The van der Waals surface area contributed by atoms with E-state index < -0.39 is 6.10 Å². The number of aldehydes is 1. The molecule has 0 radical (unpaired) electrons. The van der Waals surface area contributed by atoms with E-state index in [-0.39, 0.29) is 6.42 Å². The minimum absolute atomic E-state index is 0.00521. The monoisotopic (exact) mass is 196 g/mol. The Labute approximate surface area is 79.5 Å². The van der Waals surface area contributed by atoms with Gasteiger partial charge in [-0.2, -0.15) is 5.26 Å². The fourth-order valence-electron chi connectivity index (χ4n) is 0.855. The van der Waals surface area contributed by atoms with Gasteiger partial charge in [0.15, 0.2) is 6.29 Å². The quantitative estimate of drug-likeness (QED) is 0.737. The maximum atomic E-state index is 10.4. The number of carbonyl (C=O) groups is 1. The van der Waals surface area contributed by atoms with Crippen molar-refractivity contribution in [2.24, 2.45) is 0 Å². The number of nitriles is 1. The molecule has 1 rings (SSSR count). The average Bonchev–Trinajstić information content (AvgIpc) is 2.47. The molecule has 1 heterocycles. The van der Waals surface area contributed by atoms with Crippen LogP contribution in [0.4, 0.5) is 0 Å². The van der Waals surface area contributed by atoms with Crippen molar-refractivity contribution in [1.29, 1.82) is 5.26 Å². The van der Waals surface area contributed by atoms with Crippen LogP contribution in [0.5, 0.6) is 0 Å². The summed E-state index contributed by atoms with van der Waals surface area (Å²) in [5.41, 5.74) is 0.604. The van der Waals surface area contributed by atoms with Gasteiger partial charge in [0.05, 0.1) is 23.1 Å². The minimum Gasteiger partial charge on any atom is -0.385 e. The zero-order valence-electron chi connectivity index (χ0n) is 7.02. The van der Waals surface area contributed by atoms with Gasteiger partial charge in [-0.05, 0) is 6.92 Å². The molecule has 0 saturated carbocycles. The highest BCUT2D eigenvalue weighted by molar-refractivity contribution is 7.13. The Morgan fingerprint density at radius 2 is 2.54 bits per heavy atom. The Morgan fingerprint density at radius 1 is 1.85 bits per heavy atom. The summed E-state index contributed by atoms with van der Waals surface area (Å²) in [6.45, 7) is 1.70. The fourth-order valence-corrected chi connectivity index (χ4v) is 1.72. The third-order valence-electron chi connectivity index (χ3n) is 1.53. The predicted octanol–water partition coefficient (Wildman–Crippen LogP) is 1.21. The molecule has 1 aromatic rings. The number of aryl methyl sites for hydroxylation is 1. The van der Waals surface area contributed by atoms with E-state index in [4.69, 9.17) is 5.26 Å². The van der Waals surface area contributed by atoms with Crippen molar-refractivity contribution in [3.8, 4) is 6.07 Å². The van der Waals surface area contributed by atoms with Crippen LogP contribution in [0.25, 0.3) is 0 Å². The largest absolute Gasteiger partial charge is 0.385 e. The molecule has 0 spiro atoms. The topological polar surface area (TPSA) is 74.0 Å². The summed E-state index contributed by atoms with van der Waals surface area (Å²) < 4.78 is 0. The van der Waals surface area contributed by atoms with Crippen LogP contribution in [0.15, 0.2) is 0 Å². The predicted molar refractivity (Wildman–Crippen MR) is 47.4 cm³/mol. The number of aromatic nitrogens is 1. The van der Waals surface area contributed by atoms with E-state index in [2.05, 4.69) is 4.98 Å². The van der Waals surface area contributed by atoms with Crippen LogP contribution >= 0.6 is 11.3 Å². The highest BCUT2D eigenvalue weighted by atomic mass is 32.1. The minimum atomic E-state index is -0.873. The fraction of sp³-hybridized carbons (Fsp3) is 0.375. The van der Waals surface area contributed by atoms with Crippen LogP contribution in [-0.4, -0.2) is 16.4 Å². The van der Waals surface area contributed by atoms with Crippen molar-refractivity contribution >= 4 is 17.6 Å². The van der Waals surface area contributed by atoms with Crippen molar-refractivity contribution in [3.05, 3.63) is 15.6 Å². The number of hydrogen-bond acceptors (Lipinski definition) is 5. The second-order valence-electron chi connectivity index (χ2n) is 2.50. The van der Waals surface area contributed by atoms with Gasteiger partial charge in [0, 0.05) is 0 Å². The Kier molecular flexibility index (Phi) is 3.12. The van der Waals surface area contributed by atoms with Gasteiger partial charge in [-0.3, -0.25) is 4.79 Å². The van der Waals surface area contributed by atoms with Gasteiger partial charge in [0.2, 0.25) is 0 Å². The molecule has 0 aliphatic rings. The number of hydrogen-bond donors (Lipinski definition) is 1. The molecule has 0 saturated heterocycles. The molecule has 0 fully saturated rings. The Hall–Kier alpha value is -1.25. The zero-order valence-corrected chi connectivity index (χ0v) is 7.84. The molecule has 1 aromatic heterocycles. The van der Waals surface area contributed by atoms with E-state index in [0.717, 1.165) is 11.3 Å². The number of carbonyl (C=O) groups excluding carboxylic acids is 1. The van der Waals surface area contributed by atoms with E-state index >= 15 is 0 Å². The van der Waals surface area contributed by atoms with Crippen LogP contribution in [0, 0.1) is 18.3 Å². The van der Waals surface area contributed by atoms with Gasteiger partial charge in [-0.1, -0.05) is 0 Å². The maximum absolute atomic E-state index is 10.4. The molecule has 0 aromatic carbocycles. The van der Waals surface area contributed by atoms with Gasteiger partial charge >= 0.3 is 0 Å². The summed E-state index contributed by atoms with van der Waals surface area (Å²) in [4.78, 5) is 14.9. The van der Waals surface area contributed by atoms with Crippen LogP contribution in [0.3, 0.4) is 0 Å². The van der Waals surface area contributed by atoms with Gasteiger partial charge in [0.1, 0.15) is 11.1 Å². The van der Waals surface area contributed by atoms with Crippen molar-refractivity contribution in [2.75, 3.05) is 0 Å². The van der Waals surface area contributed by atoms with Crippen LogP contribution in [0.2, 0.25) is 0 Å². The normalized spacial score (nSPS) is 12.1. The van der Waals surface area contributed by atoms with E-state index in [9.17, 15) is 9.90 Å². The SMILES string of the molecule is Cc1nc(C(O)CC#N)sc1C=O. The van der Waals surface area contributed by atoms with Crippen molar-refractivity contribution in [3.63, 3.8) is 0 Å². The summed E-state index contributed by atoms with van der Waals surface area (Å²) in [6.07, 6.45) is -0.164. The Morgan fingerprint density at radius 3 is 3.00 bits per heavy atom. The first-order chi connectivity index (χ1) is 6.19. The first kappa shape index (κ1) is 9.84. The summed E-state index contributed by atoms with van der Waals surface area (Å²) in [7, 11) is 0. The molecule has 0 aliphatic heterocycles. The summed E-state index contributed by atoms with van der Waals surface area (Å²) >= 11 is 1.13. The molecular weight excluding hydrogens is 188 g/mol. The number of aliphatic hydroxyl groups excluding tert-OH is 1. The van der Waals surface area contributed by atoms with Gasteiger partial charge in [-0.25, -0.2) is 4.98 Å². The number of aliphatic hydroxyl groups is 1. The van der Waals surface area contributed by atoms with Gasteiger partial charge in [-0.15, -0.1) is 11.3 Å². The number of rotatable bonds is 3. The third kappa shape index (κ3) is 2.11.